The van der Waals surface area contributed by atoms with Crippen molar-refractivity contribution >= 4 is 11.9 Å². The quantitative estimate of drug-likeness (QED) is 0.443. The first-order valence-corrected chi connectivity index (χ1v) is 8.61. The molecule has 0 amide bonds. The fourth-order valence-corrected chi connectivity index (χ4v) is 3.17. The van der Waals surface area contributed by atoms with Crippen LogP contribution >= 0.6 is 0 Å². The van der Waals surface area contributed by atoms with Crippen molar-refractivity contribution in [1.82, 2.24) is 0 Å². The second-order valence-electron chi connectivity index (χ2n) is 6.90. The Morgan fingerprint density at radius 1 is 1.35 bits per heavy atom. The second kappa shape index (κ2) is 8.01. The maximum atomic E-state index is 12.3. The molecule has 1 fully saturated rings. The molecule has 0 bridgehead atoms. The SMILES string of the molecule is C=C1C(=O)OC2C=C(C)C(O)C(O)C=C(C)CC(OC(=O)C(C)=CC)C12. The molecule has 1 aliphatic heterocycles. The number of rotatable bonds is 2. The van der Waals surface area contributed by atoms with Gasteiger partial charge in [-0.05, 0) is 39.3 Å². The number of aliphatic hydroxyl groups excluding tert-OH is 2. The zero-order valence-electron chi connectivity index (χ0n) is 15.6. The molecule has 26 heavy (non-hydrogen) atoms. The lowest BCUT2D eigenvalue weighted by Gasteiger charge is -2.29. The van der Waals surface area contributed by atoms with Gasteiger partial charge < -0.3 is 19.7 Å². The van der Waals surface area contributed by atoms with Crippen LogP contribution in [0.5, 0.6) is 0 Å². The molecular formula is C20H26O6. The molecule has 6 nitrogen and oxygen atoms in total. The highest BCUT2D eigenvalue weighted by Crippen LogP contribution is 2.36. The molecule has 5 unspecified atom stereocenters. The summed E-state index contributed by atoms with van der Waals surface area (Å²) in [5, 5.41) is 20.4. The summed E-state index contributed by atoms with van der Waals surface area (Å²) >= 11 is 0. The molecule has 0 spiro atoms. The number of allylic oxidation sites excluding steroid dienone is 1. The fourth-order valence-electron chi connectivity index (χ4n) is 3.17. The first kappa shape index (κ1) is 20.1. The van der Waals surface area contributed by atoms with Gasteiger partial charge in [-0.3, -0.25) is 0 Å². The molecule has 1 saturated heterocycles. The van der Waals surface area contributed by atoms with Gasteiger partial charge in [-0.15, -0.1) is 0 Å². The van der Waals surface area contributed by atoms with Crippen LogP contribution in [0.2, 0.25) is 0 Å². The van der Waals surface area contributed by atoms with Crippen molar-refractivity contribution in [2.24, 2.45) is 5.92 Å². The molecule has 0 aromatic heterocycles. The minimum Gasteiger partial charge on any atom is -0.458 e. The van der Waals surface area contributed by atoms with Crippen LogP contribution in [-0.2, 0) is 19.1 Å². The van der Waals surface area contributed by atoms with E-state index in [1.807, 2.05) is 0 Å². The first-order chi connectivity index (χ1) is 12.1. The summed E-state index contributed by atoms with van der Waals surface area (Å²) in [4.78, 5) is 24.4. The van der Waals surface area contributed by atoms with E-state index >= 15 is 0 Å². The Morgan fingerprint density at radius 2 is 2.00 bits per heavy atom. The lowest BCUT2D eigenvalue weighted by Crippen LogP contribution is -2.35. The summed E-state index contributed by atoms with van der Waals surface area (Å²) in [6.07, 6.45) is 1.46. The standard InChI is InChI=1S/C20H26O6/c1-6-11(3)19(23)25-15-8-10(2)7-14(21)18(22)12(4)9-16-17(15)13(5)20(24)26-16/h6-7,9,14-18,21-22H,5,8H2,1-4H3. The highest BCUT2D eigenvalue weighted by molar-refractivity contribution is 5.92. The van der Waals surface area contributed by atoms with Crippen molar-refractivity contribution in [3.63, 3.8) is 0 Å². The second-order valence-corrected chi connectivity index (χ2v) is 6.90. The topological polar surface area (TPSA) is 93.1 Å². The summed E-state index contributed by atoms with van der Waals surface area (Å²) < 4.78 is 11.0. The highest BCUT2D eigenvalue weighted by Gasteiger charge is 2.45. The average molecular weight is 362 g/mol. The molecule has 2 aliphatic rings. The maximum Gasteiger partial charge on any atom is 0.334 e. The van der Waals surface area contributed by atoms with Crippen LogP contribution < -0.4 is 0 Å². The molecule has 0 radical (unpaired) electrons. The summed E-state index contributed by atoms with van der Waals surface area (Å²) in [6, 6.07) is 0. The Hall–Kier alpha value is -2.18. The molecule has 0 saturated carbocycles. The maximum absolute atomic E-state index is 12.3. The number of hydrogen-bond donors (Lipinski definition) is 2. The van der Waals surface area contributed by atoms with E-state index in [9.17, 15) is 19.8 Å². The Bertz CT molecular complexity index is 699. The van der Waals surface area contributed by atoms with E-state index in [2.05, 4.69) is 6.58 Å². The van der Waals surface area contributed by atoms with Gasteiger partial charge in [-0.25, -0.2) is 9.59 Å². The minimum atomic E-state index is -1.11. The number of fused-ring (bicyclic) bond motifs is 1. The zero-order valence-corrected chi connectivity index (χ0v) is 15.6. The number of ether oxygens (including phenoxy) is 2. The number of esters is 2. The molecule has 5 atom stereocenters. The van der Waals surface area contributed by atoms with Crippen molar-refractivity contribution < 1.29 is 29.3 Å². The summed E-state index contributed by atoms with van der Waals surface area (Å²) in [5.74, 6) is -1.59. The zero-order chi connectivity index (χ0) is 19.6. The van der Waals surface area contributed by atoms with Crippen LogP contribution in [0.1, 0.15) is 34.1 Å². The molecule has 0 aromatic rings. The average Bonchev–Trinajstić information content (AvgIpc) is 2.85. The lowest BCUT2D eigenvalue weighted by atomic mass is 9.84. The van der Waals surface area contributed by atoms with Crippen molar-refractivity contribution in [3.05, 3.63) is 47.1 Å². The Labute approximate surface area is 153 Å². The summed E-state index contributed by atoms with van der Waals surface area (Å²) in [7, 11) is 0. The minimum absolute atomic E-state index is 0.235. The molecule has 1 aliphatic carbocycles. The number of carbonyl (C=O) groups is 2. The largest absolute Gasteiger partial charge is 0.458 e. The van der Waals surface area contributed by atoms with Crippen LogP contribution in [0.4, 0.5) is 0 Å². The van der Waals surface area contributed by atoms with Gasteiger partial charge in [0.05, 0.1) is 5.92 Å². The molecule has 2 N–H and O–H groups in total. The van der Waals surface area contributed by atoms with Crippen molar-refractivity contribution in [1.29, 1.82) is 0 Å². The van der Waals surface area contributed by atoms with Gasteiger partial charge in [0, 0.05) is 17.6 Å². The van der Waals surface area contributed by atoms with Crippen LogP contribution in [0.25, 0.3) is 0 Å². The lowest BCUT2D eigenvalue weighted by molar-refractivity contribution is -0.147. The van der Waals surface area contributed by atoms with Gasteiger partial charge in [0.25, 0.3) is 0 Å². The predicted octanol–water partition coefficient (Wildman–Crippen LogP) is 1.98. The first-order valence-electron chi connectivity index (χ1n) is 8.61. The smallest absolute Gasteiger partial charge is 0.334 e. The third kappa shape index (κ3) is 4.14. The predicted molar refractivity (Wildman–Crippen MR) is 96.0 cm³/mol. The highest BCUT2D eigenvalue weighted by atomic mass is 16.6. The van der Waals surface area contributed by atoms with E-state index in [1.165, 1.54) is 6.08 Å². The van der Waals surface area contributed by atoms with Crippen LogP contribution in [0.15, 0.2) is 47.1 Å². The van der Waals surface area contributed by atoms with E-state index < -0.39 is 42.3 Å². The van der Waals surface area contributed by atoms with Gasteiger partial charge in [0.15, 0.2) is 0 Å². The van der Waals surface area contributed by atoms with E-state index in [4.69, 9.17) is 9.47 Å². The van der Waals surface area contributed by atoms with E-state index in [0.29, 0.717) is 11.1 Å². The van der Waals surface area contributed by atoms with E-state index in [0.717, 1.165) is 5.57 Å². The molecule has 142 valence electrons. The molecule has 0 aromatic carbocycles. The van der Waals surface area contributed by atoms with Crippen LogP contribution in [0.3, 0.4) is 0 Å². The van der Waals surface area contributed by atoms with Gasteiger partial charge in [-0.2, -0.15) is 0 Å². The number of carbonyl (C=O) groups excluding carboxylic acids is 2. The van der Waals surface area contributed by atoms with Crippen LogP contribution in [0, 0.1) is 5.92 Å². The van der Waals surface area contributed by atoms with Crippen molar-refractivity contribution in [3.8, 4) is 0 Å². The van der Waals surface area contributed by atoms with Crippen LogP contribution in [-0.4, -0.2) is 46.6 Å². The van der Waals surface area contributed by atoms with Gasteiger partial charge in [0.2, 0.25) is 0 Å². The van der Waals surface area contributed by atoms with E-state index in [-0.39, 0.29) is 12.0 Å². The third-order valence-electron chi connectivity index (χ3n) is 4.87. The molecular weight excluding hydrogens is 336 g/mol. The molecule has 6 heteroatoms. The summed E-state index contributed by atoms with van der Waals surface area (Å²) in [5.41, 5.74) is 1.89. The summed E-state index contributed by atoms with van der Waals surface area (Å²) in [6.45, 7) is 10.6. The normalized spacial score (nSPS) is 33.0. The van der Waals surface area contributed by atoms with Crippen molar-refractivity contribution in [2.75, 3.05) is 0 Å². The Morgan fingerprint density at radius 3 is 2.62 bits per heavy atom. The van der Waals surface area contributed by atoms with Gasteiger partial charge in [0.1, 0.15) is 24.4 Å². The number of aliphatic hydroxyl groups is 2. The monoisotopic (exact) mass is 362 g/mol. The number of hydrogen-bond acceptors (Lipinski definition) is 6. The van der Waals surface area contributed by atoms with Gasteiger partial charge in [-0.1, -0.05) is 24.3 Å². The Balaban J connectivity index is 2.47. The van der Waals surface area contributed by atoms with E-state index in [1.54, 1.807) is 39.8 Å². The third-order valence-corrected chi connectivity index (χ3v) is 4.87. The molecule has 2 rings (SSSR count). The van der Waals surface area contributed by atoms with Crippen molar-refractivity contribution in [2.45, 2.75) is 58.5 Å². The Kier molecular flexibility index (Phi) is 6.21. The molecule has 1 heterocycles. The van der Waals surface area contributed by atoms with Gasteiger partial charge >= 0.3 is 11.9 Å². The fraction of sp³-hybridized carbons (Fsp3) is 0.500.